The first-order valence-corrected chi connectivity index (χ1v) is 9.39. The Bertz CT molecular complexity index is 761. The predicted molar refractivity (Wildman–Crippen MR) is 99.1 cm³/mol. The van der Waals surface area contributed by atoms with Gasteiger partial charge in [-0.3, -0.25) is 9.47 Å². The van der Waals surface area contributed by atoms with E-state index in [1.165, 1.54) is 19.4 Å². The number of urea groups is 1. The fourth-order valence-electron chi connectivity index (χ4n) is 3.41. The number of piperazine rings is 1. The number of imidazole rings is 1. The van der Waals surface area contributed by atoms with Crippen molar-refractivity contribution < 1.29 is 4.79 Å². The van der Waals surface area contributed by atoms with Crippen molar-refractivity contribution in [3.63, 3.8) is 0 Å². The molecule has 1 saturated heterocycles. The van der Waals surface area contributed by atoms with Crippen molar-refractivity contribution in [2.45, 2.75) is 26.3 Å². The largest absolute Gasteiger partial charge is 0.334 e. The summed E-state index contributed by atoms with van der Waals surface area (Å²) >= 11 is 0. The summed E-state index contributed by atoms with van der Waals surface area (Å²) in [5.74, 6) is 2.62. The number of hydrogen-bond donors (Lipinski definition) is 1. The van der Waals surface area contributed by atoms with Gasteiger partial charge in [-0.1, -0.05) is 0 Å². The number of rotatable bonds is 5. The van der Waals surface area contributed by atoms with E-state index in [-0.39, 0.29) is 6.03 Å². The molecule has 0 radical (unpaired) electrons. The van der Waals surface area contributed by atoms with E-state index < -0.39 is 0 Å². The molecule has 1 N–H and O–H groups in total. The van der Waals surface area contributed by atoms with Crippen LogP contribution in [-0.2, 0) is 6.54 Å². The van der Waals surface area contributed by atoms with Crippen molar-refractivity contribution in [2.24, 2.45) is 5.92 Å². The van der Waals surface area contributed by atoms with Crippen molar-refractivity contribution in [1.29, 1.82) is 0 Å². The van der Waals surface area contributed by atoms with Gasteiger partial charge in [-0.25, -0.2) is 14.8 Å². The number of nitrogens with zero attached hydrogens (tertiary/aromatic N) is 5. The van der Waals surface area contributed by atoms with Crippen LogP contribution in [0.15, 0.2) is 30.7 Å². The Hall–Kier alpha value is -2.41. The van der Waals surface area contributed by atoms with E-state index in [2.05, 4.69) is 20.2 Å². The summed E-state index contributed by atoms with van der Waals surface area (Å²) < 4.78 is 1.93. The summed E-state index contributed by atoms with van der Waals surface area (Å²) in [6.07, 6.45) is 8.18. The normalized spacial score (nSPS) is 18.1. The van der Waals surface area contributed by atoms with Gasteiger partial charge in [-0.15, -0.1) is 0 Å². The molecule has 7 nitrogen and oxygen atoms in total. The van der Waals surface area contributed by atoms with E-state index in [1.54, 1.807) is 12.4 Å². The fourth-order valence-corrected chi connectivity index (χ4v) is 3.41. The molecular formula is C19H26N6O. The highest BCUT2D eigenvalue weighted by molar-refractivity contribution is 5.74. The van der Waals surface area contributed by atoms with E-state index in [0.29, 0.717) is 6.54 Å². The van der Waals surface area contributed by atoms with Crippen LogP contribution in [0.4, 0.5) is 4.79 Å². The molecule has 1 aliphatic heterocycles. The Labute approximate surface area is 154 Å². The van der Waals surface area contributed by atoms with Gasteiger partial charge in [0.25, 0.3) is 0 Å². The summed E-state index contributed by atoms with van der Waals surface area (Å²) in [5.41, 5.74) is 1.03. The van der Waals surface area contributed by atoms with Crippen LogP contribution in [-0.4, -0.2) is 63.1 Å². The maximum Gasteiger partial charge on any atom is 0.317 e. The average molecular weight is 354 g/mol. The molecule has 0 atom stereocenters. The summed E-state index contributed by atoms with van der Waals surface area (Å²) in [4.78, 5) is 25.5. The molecule has 138 valence electrons. The van der Waals surface area contributed by atoms with Crippen molar-refractivity contribution in [1.82, 2.24) is 29.7 Å². The zero-order valence-electron chi connectivity index (χ0n) is 15.3. The van der Waals surface area contributed by atoms with Crippen LogP contribution in [0.5, 0.6) is 0 Å². The molecule has 4 rings (SSSR count). The van der Waals surface area contributed by atoms with Crippen LogP contribution in [0.25, 0.3) is 5.82 Å². The number of carbonyl (C=O) groups is 1. The Balaban J connectivity index is 1.28. The monoisotopic (exact) mass is 354 g/mol. The molecule has 1 aliphatic carbocycles. The second kappa shape index (κ2) is 7.45. The predicted octanol–water partition coefficient (Wildman–Crippen LogP) is 1.81. The Morgan fingerprint density at radius 2 is 2.00 bits per heavy atom. The van der Waals surface area contributed by atoms with Crippen LogP contribution in [0.2, 0.25) is 0 Å². The highest BCUT2D eigenvalue weighted by Gasteiger charge is 2.27. The van der Waals surface area contributed by atoms with Crippen LogP contribution >= 0.6 is 0 Å². The third kappa shape index (κ3) is 4.04. The minimum atomic E-state index is 0.0215. The van der Waals surface area contributed by atoms with E-state index in [1.807, 2.05) is 34.7 Å². The van der Waals surface area contributed by atoms with Gasteiger partial charge in [-0.2, -0.15) is 0 Å². The highest BCUT2D eigenvalue weighted by Crippen LogP contribution is 2.29. The number of aryl methyl sites for hydroxylation is 1. The topological polar surface area (TPSA) is 66.3 Å². The fraction of sp³-hybridized carbons (Fsp3) is 0.526. The summed E-state index contributed by atoms with van der Waals surface area (Å²) in [5, 5.41) is 3.04. The van der Waals surface area contributed by atoms with Gasteiger partial charge in [0.05, 0.1) is 0 Å². The van der Waals surface area contributed by atoms with Crippen molar-refractivity contribution in [3.8, 4) is 5.82 Å². The first-order chi connectivity index (χ1) is 12.7. The summed E-state index contributed by atoms with van der Waals surface area (Å²) in [6.45, 7) is 7.27. The van der Waals surface area contributed by atoms with E-state index >= 15 is 0 Å². The quantitative estimate of drug-likeness (QED) is 0.889. The molecule has 2 fully saturated rings. The summed E-state index contributed by atoms with van der Waals surface area (Å²) in [7, 11) is 0. The lowest BCUT2D eigenvalue weighted by Crippen LogP contribution is -2.51. The highest BCUT2D eigenvalue weighted by atomic mass is 16.2. The standard InChI is InChI=1S/C19H26N6O/c1-15-20-6-7-25(15)18-12-17(4-5-21-18)13-22-19(26)24-10-8-23(9-11-24)14-16-2-3-16/h4-7,12,16H,2-3,8-11,13-14H2,1H3,(H,22,26). The van der Waals surface area contributed by atoms with Crippen molar-refractivity contribution in [2.75, 3.05) is 32.7 Å². The van der Waals surface area contributed by atoms with Crippen LogP contribution in [0.1, 0.15) is 24.2 Å². The number of amides is 2. The minimum absolute atomic E-state index is 0.0215. The number of hydrogen-bond acceptors (Lipinski definition) is 4. The maximum atomic E-state index is 12.4. The number of pyridine rings is 1. The Morgan fingerprint density at radius 3 is 2.69 bits per heavy atom. The SMILES string of the molecule is Cc1nccn1-c1cc(CNC(=O)N2CCN(CC3CC3)CC2)ccn1. The molecule has 2 amide bonds. The lowest BCUT2D eigenvalue weighted by atomic mass is 10.2. The van der Waals surface area contributed by atoms with E-state index in [4.69, 9.17) is 0 Å². The third-order valence-corrected chi connectivity index (χ3v) is 5.20. The molecule has 0 aromatic carbocycles. The summed E-state index contributed by atoms with van der Waals surface area (Å²) in [6, 6.07) is 3.94. The van der Waals surface area contributed by atoms with Gasteiger partial charge in [0.15, 0.2) is 0 Å². The van der Waals surface area contributed by atoms with Gasteiger partial charge in [-0.05, 0) is 43.4 Å². The second-order valence-electron chi connectivity index (χ2n) is 7.26. The van der Waals surface area contributed by atoms with Gasteiger partial charge < -0.3 is 10.2 Å². The van der Waals surface area contributed by atoms with Gasteiger partial charge in [0, 0.05) is 57.9 Å². The van der Waals surface area contributed by atoms with Crippen LogP contribution < -0.4 is 5.32 Å². The molecule has 2 aromatic heterocycles. The van der Waals surface area contributed by atoms with Gasteiger partial charge in [0.1, 0.15) is 11.6 Å². The molecule has 2 aromatic rings. The zero-order valence-corrected chi connectivity index (χ0v) is 15.3. The zero-order chi connectivity index (χ0) is 17.9. The Morgan fingerprint density at radius 1 is 1.19 bits per heavy atom. The van der Waals surface area contributed by atoms with Crippen LogP contribution in [0, 0.1) is 12.8 Å². The van der Waals surface area contributed by atoms with Gasteiger partial charge in [0.2, 0.25) is 0 Å². The number of aromatic nitrogens is 3. The van der Waals surface area contributed by atoms with Crippen LogP contribution in [0.3, 0.4) is 0 Å². The van der Waals surface area contributed by atoms with Crippen molar-refractivity contribution in [3.05, 3.63) is 42.1 Å². The first-order valence-electron chi connectivity index (χ1n) is 9.39. The lowest BCUT2D eigenvalue weighted by Gasteiger charge is -2.34. The average Bonchev–Trinajstić information content (AvgIpc) is 3.38. The third-order valence-electron chi connectivity index (χ3n) is 5.20. The minimum Gasteiger partial charge on any atom is -0.334 e. The molecule has 26 heavy (non-hydrogen) atoms. The van der Waals surface area contributed by atoms with Gasteiger partial charge >= 0.3 is 6.03 Å². The second-order valence-corrected chi connectivity index (χ2v) is 7.26. The molecule has 2 aliphatic rings. The Kier molecular flexibility index (Phi) is 4.88. The smallest absolute Gasteiger partial charge is 0.317 e. The molecule has 1 saturated carbocycles. The molecule has 0 spiro atoms. The van der Waals surface area contributed by atoms with E-state index in [9.17, 15) is 4.79 Å². The number of carbonyl (C=O) groups excluding carboxylic acids is 1. The number of nitrogens with one attached hydrogen (secondary N) is 1. The van der Waals surface area contributed by atoms with E-state index in [0.717, 1.165) is 49.3 Å². The molecule has 0 unspecified atom stereocenters. The molecule has 3 heterocycles. The molecular weight excluding hydrogens is 328 g/mol. The van der Waals surface area contributed by atoms with Crippen molar-refractivity contribution >= 4 is 6.03 Å². The molecule has 0 bridgehead atoms. The first kappa shape index (κ1) is 17.0. The lowest BCUT2D eigenvalue weighted by molar-refractivity contribution is 0.136. The molecule has 7 heteroatoms. The maximum absolute atomic E-state index is 12.4.